The number of hydrogen-bond acceptors (Lipinski definition) is 3. The largest absolute Gasteiger partial charge is 0.494 e. The Hall–Kier alpha value is -1.76. The number of alkyl halides is 3. The highest BCUT2D eigenvalue weighted by atomic mass is 19.4. The Morgan fingerprint density at radius 2 is 2.10 bits per heavy atom. The lowest BCUT2D eigenvalue weighted by Gasteiger charge is -2.29. The zero-order valence-corrected chi connectivity index (χ0v) is 11.6. The van der Waals surface area contributed by atoms with Crippen LogP contribution >= 0.6 is 0 Å². The second-order valence-corrected chi connectivity index (χ2v) is 4.78. The molecule has 1 saturated heterocycles. The summed E-state index contributed by atoms with van der Waals surface area (Å²) in [6.45, 7) is 2.21. The molecule has 7 heteroatoms. The highest BCUT2D eigenvalue weighted by Gasteiger charge is 2.46. The van der Waals surface area contributed by atoms with Crippen LogP contribution in [0.5, 0.6) is 5.75 Å². The van der Waals surface area contributed by atoms with E-state index in [1.165, 1.54) is 0 Å². The predicted molar refractivity (Wildman–Crippen MR) is 70.6 cm³/mol. The minimum atomic E-state index is -4.43. The summed E-state index contributed by atoms with van der Waals surface area (Å²) in [5, 5.41) is 0.963. The summed E-state index contributed by atoms with van der Waals surface area (Å²) in [5.41, 5.74) is 2.74. The average molecular weight is 302 g/mol. The third kappa shape index (κ3) is 3.87. The van der Waals surface area contributed by atoms with Gasteiger partial charge < -0.3 is 4.74 Å². The number of carbonyl (C=O) groups is 1. The quantitative estimate of drug-likeness (QED) is 0.907. The van der Waals surface area contributed by atoms with Crippen LogP contribution in [-0.2, 0) is 11.2 Å². The number of benzene rings is 1. The molecule has 0 aromatic heterocycles. The van der Waals surface area contributed by atoms with Gasteiger partial charge in [0, 0.05) is 19.4 Å². The first-order chi connectivity index (χ1) is 9.91. The first-order valence-electron chi connectivity index (χ1n) is 6.75. The van der Waals surface area contributed by atoms with Gasteiger partial charge in [-0.1, -0.05) is 18.2 Å². The normalized spacial score (nSPS) is 17.6. The molecular formula is C14H17F3N2O2. The number of para-hydroxylation sites is 1. The molecule has 1 amide bonds. The molecule has 116 valence electrons. The number of hydrazine groups is 1. The van der Waals surface area contributed by atoms with E-state index in [1.807, 2.05) is 0 Å². The number of ether oxygens (including phenoxy) is 1. The van der Waals surface area contributed by atoms with E-state index in [1.54, 1.807) is 31.2 Å². The lowest BCUT2D eigenvalue weighted by atomic mass is 10.0. The maximum Gasteiger partial charge on any atom is 0.406 e. The van der Waals surface area contributed by atoms with Crippen LogP contribution in [0.25, 0.3) is 0 Å². The van der Waals surface area contributed by atoms with E-state index in [0.29, 0.717) is 17.9 Å². The van der Waals surface area contributed by atoms with Gasteiger partial charge in [0.1, 0.15) is 11.8 Å². The number of carbonyl (C=O) groups excluding carboxylic acids is 1. The van der Waals surface area contributed by atoms with Crippen LogP contribution in [0.2, 0.25) is 0 Å². The second-order valence-electron chi connectivity index (χ2n) is 4.78. The van der Waals surface area contributed by atoms with Crippen LogP contribution in [0.15, 0.2) is 24.3 Å². The molecule has 1 aliphatic rings. The number of amides is 1. The molecule has 0 radical (unpaired) electrons. The molecule has 1 aromatic rings. The maximum atomic E-state index is 13.3. The molecule has 21 heavy (non-hydrogen) atoms. The molecule has 4 nitrogen and oxygen atoms in total. The van der Waals surface area contributed by atoms with Crippen LogP contribution in [0.1, 0.15) is 18.9 Å². The van der Waals surface area contributed by atoms with Gasteiger partial charge in [0.05, 0.1) is 6.61 Å². The molecular weight excluding hydrogens is 285 g/mol. The van der Waals surface area contributed by atoms with E-state index >= 15 is 0 Å². The van der Waals surface area contributed by atoms with E-state index < -0.39 is 12.2 Å². The summed E-state index contributed by atoms with van der Waals surface area (Å²) >= 11 is 0. The summed E-state index contributed by atoms with van der Waals surface area (Å²) in [4.78, 5) is 11.2. The Morgan fingerprint density at radius 3 is 2.67 bits per heavy atom. The van der Waals surface area contributed by atoms with Gasteiger partial charge in [0.2, 0.25) is 5.91 Å². The molecule has 0 aliphatic carbocycles. The fraction of sp³-hybridized carbons (Fsp3) is 0.500. The van der Waals surface area contributed by atoms with Gasteiger partial charge in [-0.3, -0.25) is 10.2 Å². The maximum absolute atomic E-state index is 13.3. The average Bonchev–Trinajstić information content (AvgIpc) is 2.83. The van der Waals surface area contributed by atoms with E-state index in [4.69, 9.17) is 4.74 Å². The molecule has 1 atom stereocenters. The van der Waals surface area contributed by atoms with Crippen molar-refractivity contribution in [3.05, 3.63) is 29.8 Å². The fourth-order valence-electron chi connectivity index (χ4n) is 2.31. The first-order valence-corrected chi connectivity index (χ1v) is 6.75. The van der Waals surface area contributed by atoms with E-state index in [-0.39, 0.29) is 25.3 Å². The molecule has 1 N–H and O–H groups in total. The van der Waals surface area contributed by atoms with Crippen LogP contribution in [-0.4, -0.2) is 36.3 Å². The summed E-state index contributed by atoms with van der Waals surface area (Å²) < 4.78 is 45.2. The molecule has 1 aromatic carbocycles. The zero-order chi connectivity index (χ0) is 15.5. The standard InChI is InChI=1S/C14H17F3N2O2/c1-2-21-11-6-4-3-5-10(11)9-12(14(15,16)17)19-8-7-13(20)18-19/h3-6,12H,2,7-9H2,1H3,(H,18,20)/t12-/m0/s1. The van der Waals surface area contributed by atoms with Gasteiger partial charge in [-0.05, 0) is 18.6 Å². The number of nitrogens with one attached hydrogen (secondary N) is 1. The number of halogens is 3. The van der Waals surface area contributed by atoms with Crippen LogP contribution in [0.4, 0.5) is 13.2 Å². The third-order valence-electron chi connectivity index (χ3n) is 3.29. The van der Waals surface area contributed by atoms with E-state index in [9.17, 15) is 18.0 Å². The summed E-state index contributed by atoms with van der Waals surface area (Å²) in [5.74, 6) is 0.0575. The monoisotopic (exact) mass is 302 g/mol. The van der Waals surface area contributed by atoms with Gasteiger partial charge in [0.15, 0.2) is 0 Å². The minimum absolute atomic E-state index is 0.0554. The van der Waals surface area contributed by atoms with Crippen LogP contribution in [0.3, 0.4) is 0 Å². The Morgan fingerprint density at radius 1 is 1.38 bits per heavy atom. The SMILES string of the molecule is CCOc1ccccc1C[C@H](N1CCC(=O)N1)C(F)(F)F. The lowest BCUT2D eigenvalue weighted by molar-refractivity contribution is -0.188. The van der Waals surface area contributed by atoms with Crippen molar-refractivity contribution in [2.24, 2.45) is 0 Å². The van der Waals surface area contributed by atoms with Gasteiger partial charge in [0.25, 0.3) is 0 Å². The van der Waals surface area contributed by atoms with Crippen LogP contribution in [0, 0.1) is 0 Å². The van der Waals surface area contributed by atoms with Gasteiger partial charge in [-0.2, -0.15) is 13.2 Å². The Bertz CT molecular complexity index is 505. The topological polar surface area (TPSA) is 41.6 Å². The van der Waals surface area contributed by atoms with E-state index in [0.717, 1.165) is 5.01 Å². The molecule has 0 spiro atoms. The van der Waals surface area contributed by atoms with Crippen molar-refractivity contribution in [2.75, 3.05) is 13.2 Å². The lowest BCUT2D eigenvalue weighted by Crippen LogP contribution is -2.51. The molecule has 0 saturated carbocycles. The molecule has 2 rings (SSSR count). The minimum Gasteiger partial charge on any atom is -0.494 e. The van der Waals surface area contributed by atoms with Crippen molar-refractivity contribution in [2.45, 2.75) is 32.0 Å². The summed E-state index contributed by atoms with van der Waals surface area (Å²) in [6.07, 6.45) is -4.61. The summed E-state index contributed by atoms with van der Waals surface area (Å²) in [6, 6.07) is 4.89. The van der Waals surface area contributed by atoms with Crippen LogP contribution < -0.4 is 10.2 Å². The third-order valence-corrected chi connectivity index (χ3v) is 3.29. The molecule has 1 heterocycles. The highest BCUT2D eigenvalue weighted by Crippen LogP contribution is 2.30. The Kier molecular flexibility index (Phi) is 4.72. The predicted octanol–water partition coefficient (Wildman–Crippen LogP) is 2.30. The highest BCUT2D eigenvalue weighted by molar-refractivity contribution is 5.77. The van der Waals surface area contributed by atoms with Crippen molar-refractivity contribution in [3.8, 4) is 5.75 Å². The first kappa shape index (κ1) is 15.6. The number of hydrogen-bond donors (Lipinski definition) is 1. The van der Waals surface area contributed by atoms with Gasteiger partial charge in [-0.15, -0.1) is 0 Å². The molecule has 1 aliphatic heterocycles. The fourth-order valence-corrected chi connectivity index (χ4v) is 2.31. The molecule has 1 fully saturated rings. The number of nitrogens with zero attached hydrogens (tertiary/aromatic N) is 1. The smallest absolute Gasteiger partial charge is 0.406 e. The second kappa shape index (κ2) is 6.34. The van der Waals surface area contributed by atoms with Crippen molar-refractivity contribution >= 4 is 5.91 Å². The molecule has 0 unspecified atom stereocenters. The molecule has 0 bridgehead atoms. The Balaban J connectivity index is 2.21. The van der Waals surface area contributed by atoms with E-state index in [2.05, 4.69) is 5.43 Å². The number of rotatable bonds is 5. The Labute approximate surface area is 120 Å². The van der Waals surface area contributed by atoms with Gasteiger partial charge >= 0.3 is 6.18 Å². The van der Waals surface area contributed by atoms with Crippen molar-refractivity contribution in [3.63, 3.8) is 0 Å². The van der Waals surface area contributed by atoms with Crippen molar-refractivity contribution < 1.29 is 22.7 Å². The van der Waals surface area contributed by atoms with Gasteiger partial charge in [-0.25, -0.2) is 5.01 Å². The van der Waals surface area contributed by atoms with Crippen molar-refractivity contribution in [1.29, 1.82) is 0 Å². The zero-order valence-electron chi connectivity index (χ0n) is 11.6. The van der Waals surface area contributed by atoms with Crippen molar-refractivity contribution in [1.82, 2.24) is 10.4 Å². The summed E-state index contributed by atoms with van der Waals surface area (Å²) in [7, 11) is 0.